The molecule has 0 aromatic heterocycles. The average molecular weight is 417 g/mol. The van der Waals surface area contributed by atoms with E-state index < -0.39 is 59.9 Å². The monoisotopic (exact) mass is 417 g/mol. The van der Waals surface area contributed by atoms with Crippen molar-refractivity contribution < 1.29 is 44.6 Å². The van der Waals surface area contributed by atoms with Gasteiger partial charge >= 0.3 is 0 Å². The molecule has 6 atom stereocenters. The minimum absolute atomic E-state index is 0.113. The van der Waals surface area contributed by atoms with E-state index in [1.165, 1.54) is 6.08 Å². The summed E-state index contributed by atoms with van der Waals surface area (Å²) in [6, 6.07) is 0. The number of allylic oxidation sites excluding steroid dienone is 2. The highest BCUT2D eigenvalue weighted by Gasteiger charge is 2.46. The maximum absolute atomic E-state index is 12.4. The number of hydrogen-bond donors (Lipinski definition) is 6. The van der Waals surface area contributed by atoms with E-state index >= 15 is 0 Å². The molecule has 10 nitrogen and oxygen atoms in total. The van der Waals surface area contributed by atoms with Gasteiger partial charge in [0.15, 0.2) is 11.7 Å². The summed E-state index contributed by atoms with van der Waals surface area (Å²) < 4.78 is 10.8. The van der Waals surface area contributed by atoms with Gasteiger partial charge in [-0.05, 0) is 11.6 Å². The van der Waals surface area contributed by atoms with E-state index in [-0.39, 0.29) is 12.3 Å². The van der Waals surface area contributed by atoms with Crippen molar-refractivity contribution in [1.82, 2.24) is 5.32 Å². The van der Waals surface area contributed by atoms with Crippen LogP contribution >= 0.6 is 11.8 Å². The Bertz CT molecular complexity index is 732. The summed E-state index contributed by atoms with van der Waals surface area (Å²) in [4.78, 5) is 24.5. The number of aliphatic hydroxyl groups is 5. The second kappa shape index (κ2) is 7.84. The zero-order chi connectivity index (χ0) is 20.8. The number of aliphatic hydroxyl groups excluding tert-OH is 5. The van der Waals surface area contributed by atoms with E-state index in [4.69, 9.17) is 9.47 Å². The molecule has 156 valence electrons. The summed E-state index contributed by atoms with van der Waals surface area (Å²) >= 11 is 0.879. The van der Waals surface area contributed by atoms with Gasteiger partial charge in [0.05, 0.1) is 18.9 Å². The topological polar surface area (TPSA) is 166 Å². The van der Waals surface area contributed by atoms with Crippen molar-refractivity contribution in [3.63, 3.8) is 0 Å². The highest BCUT2D eigenvalue weighted by molar-refractivity contribution is 8.04. The molecule has 1 fully saturated rings. The predicted molar refractivity (Wildman–Crippen MR) is 95.4 cm³/mol. The normalized spacial score (nSPS) is 38.0. The van der Waals surface area contributed by atoms with Gasteiger partial charge in [-0.25, -0.2) is 0 Å². The first kappa shape index (κ1) is 21.4. The van der Waals surface area contributed by atoms with Gasteiger partial charge in [0.1, 0.15) is 24.4 Å². The number of hydrogen-bond acceptors (Lipinski definition) is 10. The maximum atomic E-state index is 12.4. The summed E-state index contributed by atoms with van der Waals surface area (Å²) in [6.45, 7) is 2.83. The van der Waals surface area contributed by atoms with Crippen LogP contribution in [0.25, 0.3) is 0 Å². The largest absolute Gasteiger partial charge is 0.394 e. The average Bonchev–Trinajstić information content (AvgIpc) is 2.65. The zero-order valence-electron chi connectivity index (χ0n) is 15.2. The maximum Gasteiger partial charge on any atom is 0.264 e. The highest BCUT2D eigenvalue weighted by atomic mass is 32.2. The van der Waals surface area contributed by atoms with Crippen molar-refractivity contribution >= 4 is 23.5 Å². The van der Waals surface area contributed by atoms with Gasteiger partial charge in [-0.3, -0.25) is 9.59 Å². The Morgan fingerprint density at radius 3 is 2.50 bits per heavy atom. The molecule has 3 aliphatic rings. The molecule has 0 radical (unpaired) electrons. The molecule has 6 N–H and O–H groups in total. The van der Waals surface area contributed by atoms with Crippen molar-refractivity contribution in [2.75, 3.05) is 13.2 Å². The quantitative estimate of drug-likeness (QED) is 0.294. The summed E-state index contributed by atoms with van der Waals surface area (Å²) in [7, 11) is 0. The number of carbonyl (C=O) groups is 2. The van der Waals surface area contributed by atoms with Crippen molar-refractivity contribution in [2.45, 2.75) is 50.0 Å². The van der Waals surface area contributed by atoms with Crippen LogP contribution in [-0.4, -0.2) is 86.6 Å². The molecule has 0 aromatic rings. The van der Waals surface area contributed by atoms with Gasteiger partial charge in [-0.15, -0.1) is 0 Å². The van der Waals surface area contributed by atoms with Crippen molar-refractivity contribution in [1.29, 1.82) is 0 Å². The fourth-order valence-corrected chi connectivity index (χ4v) is 4.34. The van der Waals surface area contributed by atoms with Gasteiger partial charge in [-0.2, -0.15) is 0 Å². The summed E-state index contributed by atoms with van der Waals surface area (Å²) in [5, 5.41) is 51.2. The number of thioether (sulfide) groups is 1. The molecule has 2 heterocycles. The lowest BCUT2D eigenvalue weighted by Gasteiger charge is -2.41. The minimum Gasteiger partial charge on any atom is -0.394 e. The molecule has 0 spiro atoms. The Labute approximate surface area is 164 Å². The number of ether oxygens (including phenoxy) is 2. The molecular formula is C17H23NO9S. The standard InChI is InChI=1S/C17H23NO9S/c1-17(2)6(3-7(20)9-13(17)28-15(25)14(24)18-9)5-26-16-12(23)11(22)10(21)8(4-19)27-16/h3,8,10-12,15-16,19,21-23,25H,4-5H2,1-2H3,(H,18,24)/t8-,10-,11+,12-,15?,16-/m1/s1. The first-order valence-corrected chi connectivity index (χ1v) is 9.53. The van der Waals surface area contributed by atoms with Gasteiger partial charge in [0.25, 0.3) is 5.91 Å². The minimum atomic E-state index is -1.57. The molecule has 0 saturated carbocycles. The highest BCUT2D eigenvalue weighted by Crippen LogP contribution is 2.48. The van der Waals surface area contributed by atoms with Crippen LogP contribution in [0.5, 0.6) is 0 Å². The molecule has 1 saturated heterocycles. The second-order valence-electron chi connectivity index (χ2n) is 7.33. The SMILES string of the molecule is CC1(C)C(CO[C@@H]2O[C@H](CO)[C@@H](O)[C@H](O)[C@H]2O)=CC(=O)C2=C1SC(O)C(=O)N2. The van der Waals surface area contributed by atoms with Crippen molar-refractivity contribution in [2.24, 2.45) is 5.41 Å². The van der Waals surface area contributed by atoms with Crippen molar-refractivity contribution in [3.8, 4) is 0 Å². The van der Waals surface area contributed by atoms with Crippen LogP contribution in [0.3, 0.4) is 0 Å². The second-order valence-corrected chi connectivity index (χ2v) is 8.42. The van der Waals surface area contributed by atoms with E-state index in [0.717, 1.165) is 11.8 Å². The zero-order valence-corrected chi connectivity index (χ0v) is 16.0. The third-order valence-corrected chi connectivity index (χ3v) is 6.49. The molecule has 0 aromatic carbocycles. The first-order valence-electron chi connectivity index (χ1n) is 8.65. The Hall–Kier alpha value is -1.31. The number of amides is 1. The lowest BCUT2D eigenvalue weighted by Crippen LogP contribution is -2.59. The molecule has 1 unspecified atom stereocenters. The van der Waals surface area contributed by atoms with Gasteiger partial charge in [0, 0.05) is 10.3 Å². The van der Waals surface area contributed by atoms with Crippen LogP contribution in [0.4, 0.5) is 0 Å². The number of rotatable bonds is 4. The van der Waals surface area contributed by atoms with E-state index in [9.17, 15) is 35.1 Å². The number of nitrogens with one attached hydrogen (secondary N) is 1. The summed E-state index contributed by atoms with van der Waals surface area (Å²) in [5.74, 6) is -1.11. The molecule has 3 rings (SSSR count). The van der Waals surface area contributed by atoms with Crippen LogP contribution in [0.15, 0.2) is 22.3 Å². The third kappa shape index (κ3) is 3.64. The number of carbonyl (C=O) groups excluding carboxylic acids is 2. The Morgan fingerprint density at radius 1 is 1.18 bits per heavy atom. The van der Waals surface area contributed by atoms with Gasteiger partial charge in [0.2, 0.25) is 5.78 Å². The first-order chi connectivity index (χ1) is 13.1. The fourth-order valence-electron chi connectivity index (χ4n) is 3.25. The fraction of sp³-hybridized carbons (Fsp3) is 0.647. The van der Waals surface area contributed by atoms with E-state index in [2.05, 4.69) is 5.32 Å². The van der Waals surface area contributed by atoms with E-state index in [1.54, 1.807) is 13.8 Å². The van der Waals surface area contributed by atoms with Crippen molar-refractivity contribution in [3.05, 3.63) is 22.3 Å². The lowest BCUT2D eigenvalue weighted by atomic mass is 9.78. The van der Waals surface area contributed by atoms with Crippen LogP contribution in [-0.2, 0) is 19.1 Å². The van der Waals surface area contributed by atoms with E-state index in [1.807, 2.05) is 0 Å². The van der Waals surface area contributed by atoms with Crippen LogP contribution in [0, 0.1) is 5.41 Å². The lowest BCUT2D eigenvalue weighted by molar-refractivity contribution is -0.299. The van der Waals surface area contributed by atoms with Gasteiger partial charge < -0.3 is 40.3 Å². The molecule has 11 heteroatoms. The smallest absolute Gasteiger partial charge is 0.264 e. The third-order valence-electron chi connectivity index (χ3n) is 5.10. The molecular weight excluding hydrogens is 394 g/mol. The summed E-state index contributed by atoms with van der Waals surface area (Å²) in [5.41, 5.74) is -1.49. The molecule has 1 aliphatic carbocycles. The number of ketones is 1. The molecule has 0 bridgehead atoms. The Balaban J connectivity index is 1.75. The molecule has 2 aliphatic heterocycles. The Morgan fingerprint density at radius 2 is 1.86 bits per heavy atom. The molecule has 1 amide bonds. The van der Waals surface area contributed by atoms with Gasteiger partial charge in [-0.1, -0.05) is 25.6 Å². The molecule has 28 heavy (non-hydrogen) atoms. The predicted octanol–water partition coefficient (Wildman–Crippen LogP) is -2.27. The Kier molecular flexibility index (Phi) is 5.99. The van der Waals surface area contributed by atoms with Crippen LogP contribution < -0.4 is 5.32 Å². The van der Waals surface area contributed by atoms with E-state index in [0.29, 0.717) is 10.5 Å². The van der Waals surface area contributed by atoms with Crippen LogP contribution in [0.1, 0.15) is 13.8 Å². The van der Waals surface area contributed by atoms with Crippen LogP contribution in [0.2, 0.25) is 0 Å². The summed E-state index contributed by atoms with van der Waals surface area (Å²) in [6.07, 6.45) is -5.75.